The van der Waals surface area contributed by atoms with Crippen molar-refractivity contribution in [1.82, 2.24) is 25.4 Å². The number of methoxy groups -OCH3 is 2. The standard InChI is InChI=1S/C23H30N6O2/c1-17-27-28-22(29(17)2)16-26-23(25-15-19-8-6-5-7-9-19)24-13-12-18-10-11-20(30-3)21(14-18)31-4/h5-11,14H,12-13,15-16H2,1-4H3,(H2,24,25,26). The number of hydrogen-bond acceptors (Lipinski definition) is 5. The van der Waals surface area contributed by atoms with Gasteiger partial charge in [-0.1, -0.05) is 36.4 Å². The molecule has 3 rings (SSSR count). The van der Waals surface area contributed by atoms with E-state index in [9.17, 15) is 0 Å². The first-order valence-corrected chi connectivity index (χ1v) is 10.2. The number of rotatable bonds is 9. The Morgan fingerprint density at radius 2 is 1.74 bits per heavy atom. The fourth-order valence-electron chi connectivity index (χ4n) is 3.06. The summed E-state index contributed by atoms with van der Waals surface area (Å²) in [4.78, 5) is 4.73. The lowest BCUT2D eigenvalue weighted by Gasteiger charge is -2.14. The lowest BCUT2D eigenvalue weighted by molar-refractivity contribution is 0.354. The molecule has 164 valence electrons. The molecule has 2 N–H and O–H groups in total. The van der Waals surface area contributed by atoms with Gasteiger partial charge in [-0.25, -0.2) is 4.99 Å². The molecule has 8 heteroatoms. The minimum absolute atomic E-state index is 0.536. The molecule has 0 spiro atoms. The summed E-state index contributed by atoms with van der Waals surface area (Å²) >= 11 is 0. The van der Waals surface area contributed by atoms with Crippen LogP contribution in [0.3, 0.4) is 0 Å². The van der Waals surface area contributed by atoms with Crippen LogP contribution in [0, 0.1) is 6.92 Å². The average Bonchev–Trinajstić information content (AvgIpc) is 3.13. The van der Waals surface area contributed by atoms with Crippen LogP contribution in [0.1, 0.15) is 22.8 Å². The van der Waals surface area contributed by atoms with Crippen molar-refractivity contribution in [2.24, 2.45) is 12.0 Å². The monoisotopic (exact) mass is 422 g/mol. The van der Waals surface area contributed by atoms with Crippen LogP contribution >= 0.6 is 0 Å². The number of benzene rings is 2. The first-order chi connectivity index (χ1) is 15.1. The normalized spacial score (nSPS) is 11.3. The Bertz CT molecular complexity index is 1000. The third kappa shape index (κ3) is 6.21. The predicted molar refractivity (Wildman–Crippen MR) is 121 cm³/mol. The van der Waals surface area contributed by atoms with E-state index in [0.717, 1.165) is 46.7 Å². The summed E-state index contributed by atoms with van der Waals surface area (Å²) in [5.74, 6) is 3.91. The van der Waals surface area contributed by atoms with Crippen LogP contribution < -0.4 is 20.1 Å². The van der Waals surface area contributed by atoms with Crippen molar-refractivity contribution in [3.8, 4) is 11.5 Å². The van der Waals surface area contributed by atoms with E-state index in [1.807, 2.05) is 54.9 Å². The SMILES string of the molecule is COc1ccc(CCNC(=NCc2ccccc2)NCc2nnc(C)n2C)cc1OC. The van der Waals surface area contributed by atoms with Gasteiger partial charge in [0.15, 0.2) is 23.3 Å². The molecular weight excluding hydrogens is 392 g/mol. The van der Waals surface area contributed by atoms with E-state index < -0.39 is 0 Å². The van der Waals surface area contributed by atoms with Gasteiger partial charge >= 0.3 is 0 Å². The van der Waals surface area contributed by atoms with Gasteiger partial charge in [-0.3, -0.25) is 0 Å². The van der Waals surface area contributed by atoms with E-state index in [0.29, 0.717) is 19.6 Å². The highest BCUT2D eigenvalue weighted by molar-refractivity contribution is 5.79. The van der Waals surface area contributed by atoms with E-state index in [2.05, 4.69) is 33.0 Å². The summed E-state index contributed by atoms with van der Waals surface area (Å²) in [6.45, 7) is 3.77. The fraction of sp³-hybridized carbons (Fsp3) is 0.348. The van der Waals surface area contributed by atoms with Crippen LogP contribution in [0.2, 0.25) is 0 Å². The molecule has 1 aromatic heterocycles. The third-order valence-electron chi connectivity index (χ3n) is 5.01. The molecule has 0 fully saturated rings. The molecule has 0 atom stereocenters. The summed E-state index contributed by atoms with van der Waals surface area (Å²) in [6, 6.07) is 16.1. The molecule has 8 nitrogen and oxygen atoms in total. The first kappa shape index (κ1) is 22.1. The minimum atomic E-state index is 0.536. The number of ether oxygens (including phenoxy) is 2. The second-order valence-corrected chi connectivity index (χ2v) is 7.09. The topological polar surface area (TPSA) is 85.6 Å². The Balaban J connectivity index is 1.63. The van der Waals surface area contributed by atoms with Crippen LogP contribution in [-0.2, 0) is 26.6 Å². The molecule has 3 aromatic rings. The molecule has 0 aliphatic heterocycles. The van der Waals surface area contributed by atoms with Gasteiger partial charge < -0.3 is 24.7 Å². The number of nitrogens with one attached hydrogen (secondary N) is 2. The second kappa shape index (κ2) is 11.0. The van der Waals surface area contributed by atoms with Crippen LogP contribution in [0.4, 0.5) is 0 Å². The molecule has 31 heavy (non-hydrogen) atoms. The van der Waals surface area contributed by atoms with Crippen LogP contribution in [0.5, 0.6) is 11.5 Å². The zero-order valence-electron chi connectivity index (χ0n) is 18.6. The van der Waals surface area contributed by atoms with Gasteiger partial charge in [0.2, 0.25) is 0 Å². The smallest absolute Gasteiger partial charge is 0.191 e. The number of aromatic nitrogens is 3. The van der Waals surface area contributed by atoms with Gasteiger partial charge in [0.25, 0.3) is 0 Å². The van der Waals surface area contributed by atoms with E-state index in [-0.39, 0.29) is 0 Å². The first-order valence-electron chi connectivity index (χ1n) is 10.2. The van der Waals surface area contributed by atoms with Crippen LogP contribution in [0.15, 0.2) is 53.5 Å². The molecule has 1 heterocycles. The average molecular weight is 423 g/mol. The number of nitrogens with zero attached hydrogens (tertiary/aromatic N) is 4. The van der Waals surface area contributed by atoms with Crippen molar-refractivity contribution in [1.29, 1.82) is 0 Å². The van der Waals surface area contributed by atoms with Crippen molar-refractivity contribution in [2.45, 2.75) is 26.4 Å². The highest BCUT2D eigenvalue weighted by atomic mass is 16.5. The van der Waals surface area contributed by atoms with Gasteiger partial charge in [0.05, 0.1) is 27.3 Å². The van der Waals surface area contributed by atoms with E-state index >= 15 is 0 Å². The lowest BCUT2D eigenvalue weighted by Crippen LogP contribution is -2.38. The van der Waals surface area contributed by atoms with E-state index in [1.54, 1.807) is 14.2 Å². The van der Waals surface area contributed by atoms with Gasteiger partial charge in [-0.15, -0.1) is 10.2 Å². The van der Waals surface area contributed by atoms with Crippen molar-refractivity contribution in [3.05, 3.63) is 71.3 Å². The molecule has 0 amide bonds. The van der Waals surface area contributed by atoms with Crippen LogP contribution in [-0.4, -0.2) is 41.5 Å². The molecular formula is C23H30N6O2. The zero-order valence-corrected chi connectivity index (χ0v) is 18.6. The Morgan fingerprint density at radius 3 is 2.42 bits per heavy atom. The molecule has 2 aromatic carbocycles. The Kier molecular flexibility index (Phi) is 7.86. The van der Waals surface area contributed by atoms with Crippen molar-refractivity contribution in [3.63, 3.8) is 0 Å². The Morgan fingerprint density at radius 1 is 0.968 bits per heavy atom. The van der Waals surface area contributed by atoms with E-state index in [4.69, 9.17) is 14.5 Å². The van der Waals surface area contributed by atoms with Gasteiger partial charge in [-0.2, -0.15) is 0 Å². The highest BCUT2D eigenvalue weighted by Crippen LogP contribution is 2.27. The molecule has 0 bridgehead atoms. The van der Waals surface area contributed by atoms with Crippen molar-refractivity contribution < 1.29 is 9.47 Å². The number of aryl methyl sites for hydroxylation is 1. The molecule has 0 aliphatic rings. The van der Waals surface area contributed by atoms with Gasteiger partial charge in [0.1, 0.15) is 5.82 Å². The number of hydrogen-bond donors (Lipinski definition) is 2. The lowest BCUT2D eigenvalue weighted by atomic mass is 10.1. The molecule has 0 saturated carbocycles. The molecule has 0 aliphatic carbocycles. The van der Waals surface area contributed by atoms with Gasteiger partial charge in [0, 0.05) is 13.6 Å². The number of guanidine groups is 1. The maximum absolute atomic E-state index is 5.40. The third-order valence-corrected chi connectivity index (χ3v) is 5.01. The summed E-state index contributed by atoms with van der Waals surface area (Å²) < 4.78 is 12.7. The quantitative estimate of drug-likeness (QED) is 0.407. The highest BCUT2D eigenvalue weighted by Gasteiger charge is 2.08. The maximum atomic E-state index is 5.40. The number of aliphatic imine (C=N–C) groups is 1. The summed E-state index contributed by atoms with van der Waals surface area (Å²) in [5.41, 5.74) is 2.30. The van der Waals surface area contributed by atoms with Crippen LogP contribution in [0.25, 0.3) is 0 Å². The maximum Gasteiger partial charge on any atom is 0.191 e. The summed E-state index contributed by atoms with van der Waals surface area (Å²) in [6.07, 6.45) is 0.815. The molecule has 0 radical (unpaired) electrons. The van der Waals surface area contributed by atoms with Crippen molar-refractivity contribution >= 4 is 5.96 Å². The minimum Gasteiger partial charge on any atom is -0.493 e. The van der Waals surface area contributed by atoms with Gasteiger partial charge in [-0.05, 0) is 36.6 Å². The fourth-order valence-corrected chi connectivity index (χ4v) is 3.06. The second-order valence-electron chi connectivity index (χ2n) is 7.09. The predicted octanol–water partition coefficient (Wildman–Crippen LogP) is 2.62. The Labute approximate surface area is 183 Å². The Hall–Kier alpha value is -3.55. The summed E-state index contributed by atoms with van der Waals surface area (Å²) in [5, 5.41) is 15.1. The van der Waals surface area contributed by atoms with Crippen molar-refractivity contribution in [2.75, 3.05) is 20.8 Å². The largest absolute Gasteiger partial charge is 0.493 e. The van der Waals surface area contributed by atoms with E-state index in [1.165, 1.54) is 0 Å². The summed E-state index contributed by atoms with van der Waals surface area (Å²) in [7, 11) is 5.24. The molecule has 0 unspecified atom stereocenters. The molecule has 0 saturated heterocycles. The zero-order chi connectivity index (χ0) is 22.1.